The number of ether oxygens (including phenoxy) is 1. The second kappa shape index (κ2) is 7.63. The predicted molar refractivity (Wildman–Crippen MR) is 87.3 cm³/mol. The molecule has 0 bridgehead atoms. The van der Waals surface area contributed by atoms with Crippen molar-refractivity contribution in [2.75, 3.05) is 12.4 Å². The molecule has 0 spiro atoms. The summed E-state index contributed by atoms with van der Waals surface area (Å²) in [6.07, 6.45) is 1.26. The Labute approximate surface area is 133 Å². The van der Waals surface area contributed by atoms with Gasteiger partial charge in [-0.2, -0.15) is 0 Å². The van der Waals surface area contributed by atoms with Crippen LogP contribution in [0.25, 0.3) is 0 Å². The van der Waals surface area contributed by atoms with Crippen LogP contribution in [0.1, 0.15) is 39.7 Å². The predicted octanol–water partition coefficient (Wildman–Crippen LogP) is 2.51. The van der Waals surface area contributed by atoms with Crippen LogP contribution in [0.2, 0.25) is 0 Å². The fourth-order valence-electron chi connectivity index (χ4n) is 1.77. The van der Waals surface area contributed by atoms with E-state index in [1.54, 1.807) is 6.07 Å². The van der Waals surface area contributed by atoms with E-state index in [4.69, 9.17) is 4.74 Å². The molecule has 0 radical (unpaired) electrons. The van der Waals surface area contributed by atoms with Crippen molar-refractivity contribution in [2.45, 2.75) is 40.5 Å². The molecule has 0 aromatic heterocycles. The molecule has 124 valence electrons. The zero-order valence-electron chi connectivity index (χ0n) is 13.7. The number of nitrogens with one attached hydrogen (secondary N) is 1. The number of para-hydroxylation sites is 1. The van der Waals surface area contributed by atoms with Gasteiger partial charge in [-0.3, -0.25) is 9.52 Å². The molecule has 1 amide bonds. The van der Waals surface area contributed by atoms with Crippen molar-refractivity contribution in [3.8, 4) is 5.75 Å². The largest absolute Gasteiger partial charge is 0.483 e. The summed E-state index contributed by atoms with van der Waals surface area (Å²) in [5.41, 5.74) is 0.875. The van der Waals surface area contributed by atoms with Gasteiger partial charge in [0.1, 0.15) is 5.75 Å². The molecule has 1 aromatic carbocycles. The highest BCUT2D eigenvalue weighted by Gasteiger charge is 2.19. The van der Waals surface area contributed by atoms with Crippen LogP contribution in [-0.2, 0) is 21.2 Å². The van der Waals surface area contributed by atoms with Gasteiger partial charge in [-0.05, 0) is 29.9 Å². The number of hydrogen-bond donors (Lipinski definition) is 1. The summed E-state index contributed by atoms with van der Waals surface area (Å²) < 4.78 is 31.1. The van der Waals surface area contributed by atoms with Crippen LogP contribution in [0.3, 0.4) is 0 Å². The van der Waals surface area contributed by atoms with E-state index in [2.05, 4.69) is 0 Å². The second-order valence-electron chi connectivity index (χ2n) is 6.40. The Bertz CT molecular complexity index is 603. The van der Waals surface area contributed by atoms with Crippen molar-refractivity contribution in [1.82, 2.24) is 4.72 Å². The molecule has 0 unspecified atom stereocenters. The average molecular weight is 327 g/mol. The van der Waals surface area contributed by atoms with Gasteiger partial charge in [-0.25, -0.2) is 8.42 Å². The fraction of sp³-hybridized carbons (Fsp3) is 0.562. The summed E-state index contributed by atoms with van der Waals surface area (Å²) in [6.45, 7) is 7.53. The van der Waals surface area contributed by atoms with Gasteiger partial charge in [0.25, 0.3) is 5.91 Å². The van der Waals surface area contributed by atoms with Crippen LogP contribution in [0.4, 0.5) is 0 Å². The third-order valence-electron chi connectivity index (χ3n) is 3.10. The number of rotatable bonds is 7. The number of sulfonamides is 1. The topological polar surface area (TPSA) is 72.5 Å². The summed E-state index contributed by atoms with van der Waals surface area (Å²) in [6, 6.07) is 7.38. The van der Waals surface area contributed by atoms with Gasteiger partial charge in [0.15, 0.2) is 6.61 Å². The van der Waals surface area contributed by atoms with Gasteiger partial charge in [0.2, 0.25) is 10.0 Å². The molecule has 0 aliphatic rings. The molecule has 0 saturated heterocycles. The SMILES string of the molecule is CCc1ccccc1OCC(=O)NS(=O)(=O)CCC(C)(C)C. The van der Waals surface area contributed by atoms with E-state index in [0.29, 0.717) is 12.2 Å². The van der Waals surface area contributed by atoms with Crippen LogP contribution < -0.4 is 9.46 Å². The van der Waals surface area contributed by atoms with E-state index < -0.39 is 15.9 Å². The van der Waals surface area contributed by atoms with Crippen LogP contribution in [-0.4, -0.2) is 26.7 Å². The molecule has 0 aliphatic carbocycles. The lowest BCUT2D eigenvalue weighted by Gasteiger charge is -2.18. The van der Waals surface area contributed by atoms with Gasteiger partial charge in [0, 0.05) is 0 Å². The average Bonchev–Trinajstić information content (AvgIpc) is 2.42. The second-order valence-corrected chi connectivity index (χ2v) is 8.25. The molecule has 1 N–H and O–H groups in total. The van der Waals surface area contributed by atoms with E-state index in [0.717, 1.165) is 12.0 Å². The summed E-state index contributed by atoms with van der Waals surface area (Å²) in [7, 11) is -3.61. The molecular weight excluding hydrogens is 302 g/mol. The van der Waals surface area contributed by atoms with Crippen LogP contribution in [0.15, 0.2) is 24.3 Å². The van der Waals surface area contributed by atoms with E-state index in [1.807, 2.05) is 50.6 Å². The Kier molecular flexibility index (Phi) is 6.41. The van der Waals surface area contributed by atoms with E-state index in [1.165, 1.54) is 0 Å². The molecule has 0 fully saturated rings. The maximum atomic E-state index is 11.8. The maximum absolute atomic E-state index is 11.8. The first-order valence-corrected chi connectivity index (χ1v) is 9.02. The lowest BCUT2D eigenvalue weighted by molar-refractivity contribution is -0.121. The van der Waals surface area contributed by atoms with Gasteiger partial charge in [0.05, 0.1) is 5.75 Å². The van der Waals surface area contributed by atoms with Crippen molar-refractivity contribution >= 4 is 15.9 Å². The van der Waals surface area contributed by atoms with Crippen LogP contribution >= 0.6 is 0 Å². The van der Waals surface area contributed by atoms with Crippen molar-refractivity contribution in [2.24, 2.45) is 5.41 Å². The van der Waals surface area contributed by atoms with Crippen LogP contribution in [0, 0.1) is 5.41 Å². The molecule has 0 aliphatic heterocycles. The lowest BCUT2D eigenvalue weighted by Crippen LogP contribution is -2.36. The first kappa shape index (κ1) is 18.5. The van der Waals surface area contributed by atoms with Crippen molar-refractivity contribution < 1.29 is 17.9 Å². The Morgan fingerprint density at radius 3 is 2.45 bits per heavy atom. The quantitative estimate of drug-likeness (QED) is 0.835. The van der Waals surface area contributed by atoms with E-state index >= 15 is 0 Å². The highest BCUT2D eigenvalue weighted by Crippen LogP contribution is 2.19. The molecule has 0 heterocycles. The highest BCUT2D eigenvalue weighted by atomic mass is 32.2. The fourth-order valence-corrected chi connectivity index (χ4v) is 3.16. The third-order valence-corrected chi connectivity index (χ3v) is 4.38. The van der Waals surface area contributed by atoms with Gasteiger partial charge < -0.3 is 4.74 Å². The molecule has 1 aromatic rings. The zero-order chi connectivity index (χ0) is 16.8. The number of carbonyl (C=O) groups excluding carboxylic acids is 1. The molecule has 6 heteroatoms. The Balaban J connectivity index is 2.52. The first-order chi connectivity index (χ1) is 10.1. The number of amides is 1. The molecule has 5 nitrogen and oxygen atoms in total. The Hall–Kier alpha value is -1.56. The number of hydrogen-bond acceptors (Lipinski definition) is 4. The van der Waals surface area contributed by atoms with Crippen LogP contribution in [0.5, 0.6) is 5.75 Å². The standard InChI is InChI=1S/C16H25NO4S/c1-5-13-8-6-7-9-14(13)21-12-15(18)17-22(19,20)11-10-16(2,3)4/h6-9H,5,10-12H2,1-4H3,(H,17,18). The smallest absolute Gasteiger partial charge is 0.271 e. The summed E-state index contributed by atoms with van der Waals surface area (Å²) in [5, 5.41) is 0. The lowest BCUT2D eigenvalue weighted by atomic mass is 9.94. The summed E-state index contributed by atoms with van der Waals surface area (Å²) >= 11 is 0. The number of benzene rings is 1. The number of carbonyl (C=O) groups is 1. The maximum Gasteiger partial charge on any atom is 0.271 e. The van der Waals surface area contributed by atoms with E-state index in [-0.39, 0.29) is 17.8 Å². The summed E-state index contributed by atoms with van der Waals surface area (Å²) in [5.74, 6) is -0.125. The first-order valence-electron chi connectivity index (χ1n) is 7.37. The molecule has 1 rings (SSSR count). The number of aryl methyl sites for hydroxylation is 1. The van der Waals surface area contributed by atoms with Crippen molar-refractivity contribution in [1.29, 1.82) is 0 Å². The van der Waals surface area contributed by atoms with Gasteiger partial charge in [-0.1, -0.05) is 45.9 Å². The molecule has 0 saturated carbocycles. The van der Waals surface area contributed by atoms with Gasteiger partial charge in [-0.15, -0.1) is 0 Å². The van der Waals surface area contributed by atoms with Crippen molar-refractivity contribution in [3.63, 3.8) is 0 Å². The Morgan fingerprint density at radius 2 is 1.86 bits per heavy atom. The van der Waals surface area contributed by atoms with Gasteiger partial charge >= 0.3 is 0 Å². The molecular formula is C16H25NO4S. The normalized spacial score (nSPS) is 12.0. The minimum absolute atomic E-state index is 0.0756. The molecule has 22 heavy (non-hydrogen) atoms. The van der Waals surface area contributed by atoms with Crippen molar-refractivity contribution in [3.05, 3.63) is 29.8 Å². The van der Waals surface area contributed by atoms with E-state index in [9.17, 15) is 13.2 Å². The monoisotopic (exact) mass is 327 g/mol. The molecule has 0 atom stereocenters. The minimum Gasteiger partial charge on any atom is -0.483 e. The summed E-state index contributed by atoms with van der Waals surface area (Å²) in [4.78, 5) is 11.7. The minimum atomic E-state index is -3.61. The third kappa shape index (κ3) is 6.93. The Morgan fingerprint density at radius 1 is 1.23 bits per heavy atom. The highest BCUT2D eigenvalue weighted by molar-refractivity contribution is 7.90. The zero-order valence-corrected chi connectivity index (χ0v) is 14.5.